The van der Waals surface area contributed by atoms with Crippen molar-refractivity contribution in [2.75, 3.05) is 32.3 Å². The second-order valence-electron chi connectivity index (χ2n) is 12.7. The molecule has 0 aromatic carbocycles. The molecule has 7 atom stereocenters. The van der Waals surface area contributed by atoms with Gasteiger partial charge in [-0.2, -0.15) is 16.8 Å². The van der Waals surface area contributed by atoms with Gasteiger partial charge in [-0.15, -0.1) is 0 Å². The zero-order chi connectivity index (χ0) is 26.8. The third-order valence-electron chi connectivity index (χ3n) is 9.78. The van der Waals surface area contributed by atoms with Crippen LogP contribution in [0.15, 0.2) is 0 Å². The van der Waals surface area contributed by atoms with Gasteiger partial charge in [0.2, 0.25) is 0 Å². The van der Waals surface area contributed by atoms with Crippen molar-refractivity contribution >= 4 is 20.2 Å². The van der Waals surface area contributed by atoms with Crippen LogP contribution in [0.25, 0.3) is 0 Å². The highest BCUT2D eigenvalue weighted by molar-refractivity contribution is 7.86. The lowest BCUT2D eigenvalue weighted by Crippen LogP contribution is -2.69. The van der Waals surface area contributed by atoms with Gasteiger partial charge in [0.05, 0.1) is 49.6 Å². The second-order valence-corrected chi connectivity index (χ2v) is 16.0. The smallest absolute Gasteiger partial charge is 0.264 e. The average molecular weight is 553 g/mol. The van der Waals surface area contributed by atoms with Crippen LogP contribution in [-0.2, 0) is 42.8 Å². The molecule has 2 saturated carbocycles. The molecule has 0 aromatic rings. The van der Waals surface area contributed by atoms with E-state index in [1.54, 1.807) is 0 Å². The topological polar surface area (TPSA) is 114 Å². The van der Waals surface area contributed by atoms with Crippen molar-refractivity contribution in [3.8, 4) is 0 Å². The third kappa shape index (κ3) is 5.14. The molecule has 0 unspecified atom stereocenters. The molecule has 0 radical (unpaired) electrons. The molecule has 4 fully saturated rings. The molecule has 36 heavy (non-hydrogen) atoms. The van der Waals surface area contributed by atoms with Gasteiger partial charge in [-0.05, 0) is 64.2 Å². The maximum Gasteiger partial charge on any atom is 0.264 e. The summed E-state index contributed by atoms with van der Waals surface area (Å²) in [6.07, 6.45) is 7.54. The molecule has 11 heteroatoms. The van der Waals surface area contributed by atoms with Crippen molar-refractivity contribution in [3.63, 3.8) is 0 Å². The van der Waals surface area contributed by atoms with Crippen LogP contribution < -0.4 is 0 Å². The van der Waals surface area contributed by atoms with Gasteiger partial charge in [-0.25, -0.2) is 0 Å². The summed E-state index contributed by atoms with van der Waals surface area (Å²) >= 11 is 0. The van der Waals surface area contributed by atoms with E-state index in [1.165, 1.54) is 0 Å². The summed E-state index contributed by atoms with van der Waals surface area (Å²) in [5, 5.41) is 0. The summed E-state index contributed by atoms with van der Waals surface area (Å²) in [5.74, 6) is -0.0502. The Hall–Kier alpha value is -0.300. The molecule has 4 rings (SSSR count). The standard InChI is InChI=1S/C25H44O9S2/c1-18-8-9-19-22(4)16-30-21(2,3)33-20(22)10-11-23(19,5)25(18)13-12-24(34-25,17-32-36(7,28)29)14-15-31-35(6,26)27/h18-20H,8-17H2,1-7H3/t18-,19-,20-,22+,23+,24-,25+/m1/s1. The fourth-order valence-corrected chi connectivity index (χ4v) is 8.76. The molecule has 210 valence electrons. The lowest BCUT2D eigenvalue weighted by molar-refractivity contribution is -0.359. The van der Waals surface area contributed by atoms with Crippen molar-refractivity contribution in [2.24, 2.45) is 22.7 Å². The normalized spacial score (nSPS) is 44.8. The molecule has 9 nitrogen and oxygen atoms in total. The summed E-state index contributed by atoms with van der Waals surface area (Å²) in [7, 11) is -7.34. The van der Waals surface area contributed by atoms with Crippen LogP contribution in [0.4, 0.5) is 0 Å². The average Bonchev–Trinajstić information content (AvgIpc) is 3.12. The Morgan fingerprint density at radius 2 is 1.56 bits per heavy atom. The van der Waals surface area contributed by atoms with Gasteiger partial charge in [-0.3, -0.25) is 8.37 Å². The predicted molar refractivity (Wildman–Crippen MR) is 134 cm³/mol. The molecule has 1 spiro atoms. The van der Waals surface area contributed by atoms with Gasteiger partial charge >= 0.3 is 0 Å². The van der Waals surface area contributed by atoms with Crippen LogP contribution in [0.5, 0.6) is 0 Å². The second kappa shape index (κ2) is 9.13. The lowest BCUT2D eigenvalue weighted by atomic mass is 9.43. The highest BCUT2D eigenvalue weighted by atomic mass is 32.2. The first-order chi connectivity index (χ1) is 16.4. The molecule has 4 aliphatic rings. The lowest BCUT2D eigenvalue weighted by Gasteiger charge is -2.67. The Kier molecular flexibility index (Phi) is 7.28. The Labute approximate surface area is 217 Å². The van der Waals surface area contributed by atoms with E-state index < -0.39 is 37.2 Å². The van der Waals surface area contributed by atoms with Crippen LogP contribution in [0.3, 0.4) is 0 Å². The minimum Gasteiger partial charge on any atom is -0.365 e. The van der Waals surface area contributed by atoms with Crippen molar-refractivity contribution in [1.82, 2.24) is 0 Å². The summed E-state index contributed by atoms with van der Waals surface area (Å²) < 4.78 is 77.1. The number of hydrogen-bond donors (Lipinski definition) is 0. The fourth-order valence-electron chi connectivity index (χ4n) is 7.94. The van der Waals surface area contributed by atoms with Crippen molar-refractivity contribution in [3.05, 3.63) is 0 Å². The van der Waals surface area contributed by atoms with E-state index in [0.717, 1.165) is 44.6 Å². The van der Waals surface area contributed by atoms with E-state index in [-0.39, 0.29) is 42.5 Å². The van der Waals surface area contributed by atoms with Crippen molar-refractivity contribution in [2.45, 2.75) is 103 Å². The molecule has 0 aromatic heterocycles. The molecule has 2 aliphatic carbocycles. The summed E-state index contributed by atoms with van der Waals surface area (Å²) in [6.45, 7) is 11.2. The Bertz CT molecular complexity index is 1060. The first-order valence-electron chi connectivity index (χ1n) is 13.1. The highest BCUT2D eigenvalue weighted by Crippen LogP contribution is 2.69. The van der Waals surface area contributed by atoms with Gasteiger partial charge in [-0.1, -0.05) is 20.8 Å². The zero-order valence-corrected chi connectivity index (χ0v) is 24.4. The first kappa shape index (κ1) is 28.7. The minimum atomic E-state index is -3.71. The summed E-state index contributed by atoms with van der Waals surface area (Å²) in [4.78, 5) is 0. The van der Waals surface area contributed by atoms with Gasteiger partial charge in [0.25, 0.3) is 20.2 Å². The summed E-state index contributed by atoms with van der Waals surface area (Å²) in [5.41, 5.74) is -1.80. The Morgan fingerprint density at radius 1 is 0.889 bits per heavy atom. The van der Waals surface area contributed by atoms with E-state index in [9.17, 15) is 16.8 Å². The molecule has 2 aliphatic heterocycles. The number of hydrogen-bond acceptors (Lipinski definition) is 9. The van der Waals surface area contributed by atoms with Crippen LogP contribution in [0.1, 0.15) is 79.6 Å². The molecule has 0 amide bonds. The first-order valence-corrected chi connectivity index (χ1v) is 16.7. The fraction of sp³-hybridized carbons (Fsp3) is 1.00. The quantitative estimate of drug-likeness (QED) is 0.437. The van der Waals surface area contributed by atoms with Crippen LogP contribution in [-0.4, -0.2) is 72.3 Å². The van der Waals surface area contributed by atoms with Crippen molar-refractivity contribution in [1.29, 1.82) is 0 Å². The predicted octanol–water partition coefficient (Wildman–Crippen LogP) is 3.62. The number of rotatable bonds is 7. The minimum absolute atomic E-state index is 0.0902. The Morgan fingerprint density at radius 3 is 2.19 bits per heavy atom. The van der Waals surface area contributed by atoms with E-state index in [2.05, 4.69) is 20.8 Å². The largest absolute Gasteiger partial charge is 0.365 e. The van der Waals surface area contributed by atoms with E-state index >= 15 is 0 Å². The van der Waals surface area contributed by atoms with Crippen LogP contribution in [0.2, 0.25) is 0 Å². The molecular weight excluding hydrogens is 508 g/mol. The van der Waals surface area contributed by atoms with E-state index in [0.29, 0.717) is 18.9 Å². The van der Waals surface area contributed by atoms with E-state index in [1.807, 2.05) is 13.8 Å². The molecule has 2 heterocycles. The maximum absolute atomic E-state index is 11.9. The van der Waals surface area contributed by atoms with E-state index in [4.69, 9.17) is 22.6 Å². The number of fused-ring (bicyclic) bond motifs is 4. The number of ether oxygens (including phenoxy) is 3. The third-order valence-corrected chi connectivity index (χ3v) is 10.9. The van der Waals surface area contributed by atoms with Gasteiger partial charge in [0.15, 0.2) is 5.79 Å². The zero-order valence-electron chi connectivity index (χ0n) is 22.8. The SMILES string of the molecule is C[C@@H]1CC[C@@H]2[C@]3(C)COC(C)(C)O[C@@H]3CC[C@]2(C)[C@]12CC[C@@](CCOS(C)(=O)=O)(COS(C)(=O)=O)O2. The van der Waals surface area contributed by atoms with Crippen LogP contribution >= 0.6 is 0 Å². The molecule has 2 saturated heterocycles. The Balaban J connectivity index is 1.66. The monoisotopic (exact) mass is 552 g/mol. The van der Waals surface area contributed by atoms with Crippen LogP contribution in [0, 0.1) is 22.7 Å². The summed E-state index contributed by atoms with van der Waals surface area (Å²) in [6, 6.07) is 0. The highest BCUT2D eigenvalue weighted by Gasteiger charge is 2.70. The van der Waals surface area contributed by atoms with Gasteiger partial charge in [0.1, 0.15) is 0 Å². The maximum atomic E-state index is 11.9. The van der Waals surface area contributed by atoms with Gasteiger partial charge in [0, 0.05) is 17.3 Å². The molecular formula is C25H44O9S2. The molecule has 0 bridgehead atoms. The van der Waals surface area contributed by atoms with Gasteiger partial charge < -0.3 is 14.2 Å². The van der Waals surface area contributed by atoms with Crippen molar-refractivity contribution < 1.29 is 39.4 Å². The molecule has 0 N–H and O–H groups in total.